The Hall–Kier alpha value is -3.16. The summed E-state index contributed by atoms with van der Waals surface area (Å²) in [6.07, 6.45) is 1.31. The first kappa shape index (κ1) is 20.6. The van der Waals surface area contributed by atoms with Crippen LogP contribution in [0.5, 0.6) is 5.75 Å². The maximum absolute atomic E-state index is 12.5. The molecule has 0 aliphatic rings. The second-order valence-electron chi connectivity index (χ2n) is 6.09. The summed E-state index contributed by atoms with van der Waals surface area (Å²) in [6.45, 7) is 1.86. The number of carbonyl (C=O) groups is 1. The Balaban J connectivity index is 1.75. The van der Waals surface area contributed by atoms with Crippen LogP contribution >= 0.6 is 11.6 Å². The zero-order valence-corrected chi connectivity index (χ0v) is 16.9. The molecule has 1 N–H and O–H groups in total. The molecule has 0 bridgehead atoms. The van der Waals surface area contributed by atoms with Gasteiger partial charge in [0, 0.05) is 16.1 Å². The summed E-state index contributed by atoms with van der Waals surface area (Å²) < 4.78 is 30.3. The lowest BCUT2D eigenvalue weighted by molar-refractivity contribution is 0.0955. The summed E-state index contributed by atoms with van der Waals surface area (Å²) in [5.41, 5.74) is 4.09. The van der Waals surface area contributed by atoms with Gasteiger partial charge in [-0.3, -0.25) is 4.79 Å². The normalized spacial score (nSPS) is 11.4. The third kappa shape index (κ3) is 5.43. The van der Waals surface area contributed by atoms with E-state index in [0.29, 0.717) is 16.1 Å². The predicted octanol–water partition coefficient (Wildman–Crippen LogP) is 4.18. The van der Waals surface area contributed by atoms with Gasteiger partial charge in [0.1, 0.15) is 4.90 Å². The number of para-hydroxylation sites is 1. The van der Waals surface area contributed by atoms with Gasteiger partial charge in [-0.2, -0.15) is 13.5 Å². The highest BCUT2D eigenvalue weighted by Gasteiger charge is 2.17. The lowest BCUT2D eigenvalue weighted by atomic mass is 10.2. The maximum atomic E-state index is 12.5. The van der Waals surface area contributed by atoms with Gasteiger partial charge in [-0.05, 0) is 55.5 Å². The van der Waals surface area contributed by atoms with Crippen LogP contribution in [0.3, 0.4) is 0 Å². The van der Waals surface area contributed by atoms with E-state index in [1.165, 1.54) is 24.4 Å². The van der Waals surface area contributed by atoms with Crippen molar-refractivity contribution in [1.29, 1.82) is 0 Å². The van der Waals surface area contributed by atoms with Crippen LogP contribution in [0.25, 0.3) is 0 Å². The molecular weight excluding hydrogens is 412 g/mol. The Labute approximate surface area is 173 Å². The molecule has 1 amide bonds. The monoisotopic (exact) mass is 428 g/mol. The number of nitrogens with one attached hydrogen (secondary N) is 1. The number of nitrogens with zero attached hydrogens (tertiary/aromatic N) is 1. The molecule has 0 saturated heterocycles. The van der Waals surface area contributed by atoms with Crippen molar-refractivity contribution >= 4 is 33.8 Å². The van der Waals surface area contributed by atoms with Crippen molar-refractivity contribution in [3.63, 3.8) is 0 Å². The average molecular weight is 429 g/mol. The molecule has 0 spiro atoms. The van der Waals surface area contributed by atoms with Crippen molar-refractivity contribution in [3.8, 4) is 5.75 Å². The quantitative estimate of drug-likeness (QED) is 0.362. The van der Waals surface area contributed by atoms with Crippen LogP contribution in [0.4, 0.5) is 0 Å². The van der Waals surface area contributed by atoms with E-state index < -0.39 is 16.0 Å². The van der Waals surface area contributed by atoms with Crippen LogP contribution in [-0.2, 0) is 10.1 Å². The molecule has 0 saturated carbocycles. The van der Waals surface area contributed by atoms with Gasteiger partial charge in [-0.25, -0.2) is 5.43 Å². The second-order valence-corrected chi connectivity index (χ2v) is 8.08. The minimum absolute atomic E-state index is 0.0471. The Morgan fingerprint density at radius 3 is 2.34 bits per heavy atom. The van der Waals surface area contributed by atoms with Gasteiger partial charge in [0.2, 0.25) is 0 Å². The molecule has 0 aromatic heterocycles. The molecular formula is C21H17ClN2O4S. The van der Waals surface area contributed by atoms with Gasteiger partial charge in [-0.1, -0.05) is 41.4 Å². The Morgan fingerprint density at radius 2 is 1.66 bits per heavy atom. The summed E-state index contributed by atoms with van der Waals surface area (Å²) >= 11 is 5.80. The Bertz CT molecular complexity index is 1140. The topological polar surface area (TPSA) is 84.8 Å². The minimum Gasteiger partial charge on any atom is -0.378 e. The van der Waals surface area contributed by atoms with Crippen molar-refractivity contribution in [2.24, 2.45) is 5.10 Å². The first-order chi connectivity index (χ1) is 13.8. The van der Waals surface area contributed by atoms with Crippen molar-refractivity contribution in [2.45, 2.75) is 11.8 Å². The number of halogens is 1. The van der Waals surface area contributed by atoms with Crippen LogP contribution in [0.2, 0.25) is 5.02 Å². The first-order valence-electron chi connectivity index (χ1n) is 8.54. The Kier molecular flexibility index (Phi) is 6.31. The number of benzene rings is 3. The van der Waals surface area contributed by atoms with Crippen molar-refractivity contribution in [1.82, 2.24) is 5.43 Å². The van der Waals surface area contributed by atoms with Gasteiger partial charge < -0.3 is 4.18 Å². The maximum Gasteiger partial charge on any atom is 0.339 e. The third-order valence-corrected chi connectivity index (χ3v) is 5.40. The number of hydrogen-bond donors (Lipinski definition) is 1. The number of aryl methyl sites for hydroxylation is 1. The highest BCUT2D eigenvalue weighted by Crippen LogP contribution is 2.22. The summed E-state index contributed by atoms with van der Waals surface area (Å²) in [6, 6.07) is 19.1. The smallest absolute Gasteiger partial charge is 0.339 e. The zero-order chi connectivity index (χ0) is 20.9. The molecule has 0 radical (unpaired) electrons. The van der Waals surface area contributed by atoms with Crippen LogP contribution in [0.15, 0.2) is 82.8 Å². The highest BCUT2D eigenvalue weighted by atomic mass is 35.5. The predicted molar refractivity (Wildman–Crippen MR) is 112 cm³/mol. The van der Waals surface area contributed by atoms with Gasteiger partial charge in [0.15, 0.2) is 5.75 Å². The van der Waals surface area contributed by atoms with Crippen LogP contribution in [0.1, 0.15) is 21.5 Å². The summed E-state index contributed by atoms with van der Waals surface area (Å²) in [5, 5.41) is 4.40. The molecule has 0 unspecified atom stereocenters. The fourth-order valence-electron chi connectivity index (χ4n) is 2.36. The van der Waals surface area contributed by atoms with E-state index in [-0.39, 0.29) is 10.6 Å². The van der Waals surface area contributed by atoms with Crippen LogP contribution in [-0.4, -0.2) is 20.5 Å². The molecule has 148 valence electrons. The van der Waals surface area contributed by atoms with Gasteiger partial charge >= 0.3 is 10.1 Å². The number of hydrazone groups is 1. The van der Waals surface area contributed by atoms with E-state index in [1.807, 2.05) is 6.92 Å². The molecule has 3 rings (SSSR count). The molecule has 29 heavy (non-hydrogen) atoms. The van der Waals surface area contributed by atoms with E-state index >= 15 is 0 Å². The van der Waals surface area contributed by atoms with E-state index in [2.05, 4.69) is 10.5 Å². The molecule has 0 aliphatic heterocycles. The van der Waals surface area contributed by atoms with Gasteiger partial charge in [-0.15, -0.1) is 0 Å². The van der Waals surface area contributed by atoms with Crippen LogP contribution in [0, 0.1) is 6.92 Å². The molecule has 0 atom stereocenters. The molecule has 0 aliphatic carbocycles. The molecule has 0 fully saturated rings. The molecule has 3 aromatic carbocycles. The van der Waals surface area contributed by atoms with E-state index in [1.54, 1.807) is 54.6 Å². The van der Waals surface area contributed by atoms with E-state index in [4.69, 9.17) is 15.8 Å². The molecule has 6 nitrogen and oxygen atoms in total. The Morgan fingerprint density at radius 1 is 1.00 bits per heavy atom. The summed E-state index contributed by atoms with van der Waals surface area (Å²) in [5.74, 6) is -0.332. The third-order valence-electron chi connectivity index (χ3n) is 3.90. The standard InChI is InChI=1S/C21H17ClN2O4S/c1-15-6-12-19(13-7-15)29(26,27)28-20-5-3-2-4-17(20)14-23-24-21(25)16-8-10-18(22)11-9-16/h2-14H,1H3,(H,24,25)/b23-14+. The number of hydrogen-bond acceptors (Lipinski definition) is 5. The highest BCUT2D eigenvalue weighted by molar-refractivity contribution is 7.87. The molecule has 0 heterocycles. The van der Waals surface area contributed by atoms with Gasteiger partial charge in [0.25, 0.3) is 5.91 Å². The van der Waals surface area contributed by atoms with Crippen molar-refractivity contribution in [3.05, 3.63) is 94.5 Å². The minimum atomic E-state index is -4.00. The van der Waals surface area contributed by atoms with Gasteiger partial charge in [0.05, 0.1) is 6.21 Å². The molecule has 3 aromatic rings. The number of rotatable bonds is 6. The fourth-order valence-corrected chi connectivity index (χ4v) is 3.44. The lowest BCUT2D eigenvalue weighted by Crippen LogP contribution is -2.17. The first-order valence-corrected chi connectivity index (χ1v) is 10.3. The van der Waals surface area contributed by atoms with Crippen molar-refractivity contribution < 1.29 is 17.4 Å². The lowest BCUT2D eigenvalue weighted by Gasteiger charge is -2.09. The van der Waals surface area contributed by atoms with E-state index in [0.717, 1.165) is 5.56 Å². The zero-order valence-electron chi connectivity index (χ0n) is 15.4. The van der Waals surface area contributed by atoms with Crippen molar-refractivity contribution in [2.75, 3.05) is 0 Å². The summed E-state index contributed by atoms with van der Waals surface area (Å²) in [7, 11) is -4.00. The fraction of sp³-hybridized carbons (Fsp3) is 0.0476. The number of carbonyl (C=O) groups excluding carboxylic acids is 1. The SMILES string of the molecule is Cc1ccc(S(=O)(=O)Oc2ccccc2/C=N/NC(=O)c2ccc(Cl)cc2)cc1. The number of amides is 1. The average Bonchev–Trinajstić information content (AvgIpc) is 2.70. The summed E-state index contributed by atoms with van der Waals surface area (Å²) in [4.78, 5) is 12.1. The largest absolute Gasteiger partial charge is 0.378 e. The second kappa shape index (κ2) is 8.89. The van der Waals surface area contributed by atoms with Crippen LogP contribution < -0.4 is 9.61 Å². The molecule has 8 heteroatoms. The van der Waals surface area contributed by atoms with E-state index in [9.17, 15) is 13.2 Å².